The van der Waals surface area contributed by atoms with Crippen LogP contribution in [-0.2, 0) is 11.8 Å². The van der Waals surface area contributed by atoms with Crippen molar-refractivity contribution in [2.24, 2.45) is 13.0 Å². The second-order valence-electron chi connectivity index (χ2n) is 7.01. The molecule has 1 N–H and O–H groups in total. The molecule has 0 aromatic carbocycles. The molecule has 1 atom stereocenters. The van der Waals surface area contributed by atoms with Gasteiger partial charge >= 0.3 is 0 Å². The molecule has 5 nitrogen and oxygen atoms in total. The van der Waals surface area contributed by atoms with E-state index in [9.17, 15) is 4.79 Å². The van der Waals surface area contributed by atoms with Crippen LogP contribution in [0.5, 0.6) is 0 Å². The summed E-state index contributed by atoms with van der Waals surface area (Å²) in [5.41, 5.74) is 0.564. The number of aromatic nitrogens is 2. The smallest absolute Gasteiger partial charge is 0.243 e. The molecule has 1 amide bonds. The van der Waals surface area contributed by atoms with Crippen molar-refractivity contribution >= 4 is 5.91 Å². The largest absolute Gasteiger partial charge is 0.320 e. The molecule has 3 rings (SSSR count). The average Bonchev–Trinajstić information content (AvgIpc) is 2.97. The van der Waals surface area contributed by atoms with Crippen molar-refractivity contribution in [3.05, 3.63) is 18.0 Å². The quantitative estimate of drug-likeness (QED) is 0.928. The normalized spacial score (nSPS) is 26.5. The van der Waals surface area contributed by atoms with E-state index in [-0.39, 0.29) is 12.1 Å². The Morgan fingerprint density at radius 2 is 2.05 bits per heavy atom. The van der Waals surface area contributed by atoms with Crippen molar-refractivity contribution in [2.75, 3.05) is 6.54 Å². The number of amides is 1. The molecular weight excluding hydrogens is 264 g/mol. The third kappa shape index (κ3) is 2.71. The summed E-state index contributed by atoms with van der Waals surface area (Å²) >= 11 is 0. The van der Waals surface area contributed by atoms with Gasteiger partial charge in [-0.1, -0.05) is 19.3 Å². The van der Waals surface area contributed by atoms with Gasteiger partial charge in [0.2, 0.25) is 5.91 Å². The Morgan fingerprint density at radius 3 is 2.67 bits per heavy atom. The number of nitrogens with one attached hydrogen (secondary N) is 1. The number of hydrogen-bond donors (Lipinski definition) is 1. The van der Waals surface area contributed by atoms with Crippen molar-refractivity contribution in [3.63, 3.8) is 0 Å². The monoisotopic (exact) mass is 290 g/mol. The minimum atomic E-state index is -0.496. The molecule has 1 saturated carbocycles. The van der Waals surface area contributed by atoms with Crippen molar-refractivity contribution < 1.29 is 4.79 Å². The van der Waals surface area contributed by atoms with Crippen LogP contribution >= 0.6 is 0 Å². The number of hydrogen-bond acceptors (Lipinski definition) is 3. The summed E-state index contributed by atoms with van der Waals surface area (Å²) < 4.78 is 1.86. The fourth-order valence-electron chi connectivity index (χ4n) is 3.68. The molecule has 0 bridgehead atoms. The summed E-state index contributed by atoms with van der Waals surface area (Å²) in [6.45, 7) is 4.81. The standard InChI is InChI=1S/C16H26N4O/c1-16(2)15(21)20(11-12-7-5-4-6-8-12)14(18-16)13-9-10-17-19(13)3/h9-10,12,14,18H,4-8,11H2,1-3H3. The number of carbonyl (C=O) groups is 1. The van der Waals surface area contributed by atoms with Gasteiger partial charge in [-0.25, -0.2) is 0 Å². The van der Waals surface area contributed by atoms with Crippen molar-refractivity contribution in [1.29, 1.82) is 0 Å². The molecule has 2 fully saturated rings. The van der Waals surface area contributed by atoms with Gasteiger partial charge in [0.1, 0.15) is 6.17 Å². The third-order valence-corrected chi connectivity index (χ3v) is 4.92. The molecule has 116 valence electrons. The number of carbonyl (C=O) groups excluding carboxylic acids is 1. The Labute approximate surface area is 126 Å². The lowest BCUT2D eigenvalue weighted by molar-refractivity contribution is -0.133. The maximum Gasteiger partial charge on any atom is 0.243 e. The first-order valence-electron chi connectivity index (χ1n) is 8.06. The second-order valence-corrected chi connectivity index (χ2v) is 7.01. The molecule has 0 radical (unpaired) electrons. The van der Waals surface area contributed by atoms with Gasteiger partial charge in [0.05, 0.1) is 11.2 Å². The first-order chi connectivity index (χ1) is 9.99. The average molecular weight is 290 g/mol. The maximum absolute atomic E-state index is 12.8. The maximum atomic E-state index is 12.8. The van der Waals surface area contributed by atoms with Crippen molar-refractivity contribution in [1.82, 2.24) is 20.0 Å². The van der Waals surface area contributed by atoms with E-state index in [0.29, 0.717) is 5.92 Å². The van der Waals surface area contributed by atoms with E-state index in [1.807, 2.05) is 36.5 Å². The lowest BCUT2D eigenvalue weighted by Gasteiger charge is -2.30. The van der Waals surface area contributed by atoms with Gasteiger partial charge < -0.3 is 4.90 Å². The molecule has 2 aliphatic rings. The number of nitrogens with zero attached hydrogens (tertiary/aromatic N) is 3. The summed E-state index contributed by atoms with van der Waals surface area (Å²) in [5, 5.41) is 7.73. The van der Waals surface area contributed by atoms with Crippen molar-refractivity contribution in [2.45, 2.75) is 57.7 Å². The van der Waals surface area contributed by atoms with Gasteiger partial charge in [0.15, 0.2) is 0 Å². The molecule has 21 heavy (non-hydrogen) atoms. The minimum absolute atomic E-state index is 0.0538. The SMILES string of the molecule is Cn1nccc1C1NC(C)(C)C(=O)N1CC1CCCCC1. The third-order valence-electron chi connectivity index (χ3n) is 4.92. The second kappa shape index (κ2) is 5.44. The van der Waals surface area contributed by atoms with Crippen LogP contribution in [0.3, 0.4) is 0 Å². The number of aryl methyl sites for hydroxylation is 1. The highest BCUT2D eigenvalue weighted by atomic mass is 16.2. The van der Waals surface area contributed by atoms with Crippen LogP contribution < -0.4 is 5.32 Å². The molecule has 1 aliphatic heterocycles. The highest BCUT2D eigenvalue weighted by Crippen LogP contribution is 2.33. The van der Waals surface area contributed by atoms with Crippen LogP contribution in [0, 0.1) is 5.92 Å². The van der Waals surface area contributed by atoms with Crippen LogP contribution in [0.4, 0.5) is 0 Å². The first kappa shape index (κ1) is 14.6. The fourth-order valence-corrected chi connectivity index (χ4v) is 3.68. The highest BCUT2D eigenvalue weighted by molar-refractivity contribution is 5.88. The van der Waals surface area contributed by atoms with E-state index in [1.54, 1.807) is 6.20 Å². The molecule has 1 unspecified atom stereocenters. The summed E-state index contributed by atoms with van der Waals surface area (Å²) in [6.07, 6.45) is 8.21. The zero-order valence-electron chi connectivity index (χ0n) is 13.3. The summed E-state index contributed by atoms with van der Waals surface area (Å²) in [6, 6.07) is 2.00. The Kier molecular flexibility index (Phi) is 3.78. The van der Waals surface area contributed by atoms with Crippen LogP contribution in [-0.4, -0.2) is 32.7 Å². The van der Waals surface area contributed by atoms with Gasteiger partial charge in [-0.15, -0.1) is 0 Å². The van der Waals surface area contributed by atoms with E-state index in [2.05, 4.69) is 10.4 Å². The van der Waals surface area contributed by atoms with Gasteiger partial charge in [-0.2, -0.15) is 5.10 Å². The zero-order chi connectivity index (χ0) is 15.0. The lowest BCUT2D eigenvalue weighted by Crippen LogP contribution is -2.41. The topological polar surface area (TPSA) is 50.2 Å². The summed E-state index contributed by atoms with van der Waals surface area (Å²) in [4.78, 5) is 14.8. The van der Waals surface area contributed by atoms with Crippen molar-refractivity contribution in [3.8, 4) is 0 Å². The Balaban J connectivity index is 1.83. The predicted molar refractivity (Wildman–Crippen MR) is 81.5 cm³/mol. The first-order valence-corrected chi connectivity index (χ1v) is 8.06. The molecule has 1 aromatic heterocycles. The van der Waals surface area contributed by atoms with Gasteiger partial charge in [-0.05, 0) is 38.7 Å². The molecule has 0 spiro atoms. The van der Waals surface area contributed by atoms with Gasteiger partial charge in [0.25, 0.3) is 0 Å². The van der Waals surface area contributed by atoms with E-state index < -0.39 is 5.54 Å². The molecular formula is C16H26N4O. The van der Waals surface area contributed by atoms with Gasteiger partial charge in [0, 0.05) is 19.8 Å². The zero-order valence-corrected chi connectivity index (χ0v) is 13.3. The van der Waals surface area contributed by atoms with E-state index in [1.165, 1.54) is 32.1 Å². The van der Waals surface area contributed by atoms with E-state index >= 15 is 0 Å². The fraction of sp³-hybridized carbons (Fsp3) is 0.750. The molecule has 1 saturated heterocycles. The van der Waals surface area contributed by atoms with E-state index in [0.717, 1.165) is 12.2 Å². The van der Waals surface area contributed by atoms with Crippen LogP contribution in [0.1, 0.15) is 57.8 Å². The van der Waals surface area contributed by atoms with Crippen LogP contribution in [0.2, 0.25) is 0 Å². The Bertz CT molecular complexity index is 516. The highest BCUT2D eigenvalue weighted by Gasteiger charge is 2.46. The Morgan fingerprint density at radius 1 is 1.33 bits per heavy atom. The lowest BCUT2D eigenvalue weighted by atomic mass is 9.88. The predicted octanol–water partition coefficient (Wildman–Crippen LogP) is 2.21. The van der Waals surface area contributed by atoms with Crippen LogP contribution in [0.15, 0.2) is 12.3 Å². The molecule has 1 aromatic rings. The summed E-state index contributed by atoms with van der Waals surface area (Å²) in [7, 11) is 1.94. The minimum Gasteiger partial charge on any atom is -0.320 e. The van der Waals surface area contributed by atoms with Crippen LogP contribution in [0.25, 0.3) is 0 Å². The van der Waals surface area contributed by atoms with Gasteiger partial charge in [-0.3, -0.25) is 14.8 Å². The Hall–Kier alpha value is -1.36. The molecule has 2 heterocycles. The number of rotatable bonds is 3. The molecule has 1 aliphatic carbocycles. The summed E-state index contributed by atoms with van der Waals surface area (Å²) in [5.74, 6) is 0.855. The molecule has 5 heteroatoms. The van der Waals surface area contributed by atoms with E-state index in [4.69, 9.17) is 0 Å².